The second kappa shape index (κ2) is 9.14. The van der Waals surface area contributed by atoms with Gasteiger partial charge in [-0.15, -0.1) is 0 Å². The Kier molecular flexibility index (Phi) is 7.02. The number of hydrogen-bond acceptors (Lipinski definition) is 4. The largest absolute Gasteiger partial charge is 0.352 e. The van der Waals surface area contributed by atoms with Gasteiger partial charge in [-0.05, 0) is 50.7 Å². The molecule has 3 rings (SSSR count). The molecule has 2 fully saturated rings. The molecule has 6 nitrogen and oxygen atoms in total. The molecule has 1 aromatic carbocycles. The molecule has 1 aromatic rings. The van der Waals surface area contributed by atoms with E-state index in [1.54, 1.807) is 4.31 Å². The Morgan fingerprint density at radius 1 is 1.03 bits per heavy atom. The molecule has 0 unspecified atom stereocenters. The molecule has 1 saturated carbocycles. The van der Waals surface area contributed by atoms with Crippen LogP contribution in [0.5, 0.6) is 0 Å². The van der Waals surface area contributed by atoms with E-state index in [4.69, 9.17) is 0 Å². The number of hydrogen-bond donors (Lipinski definition) is 1. The molecule has 0 spiro atoms. The average molecular weight is 422 g/mol. The molecule has 1 aliphatic carbocycles. The number of nitrogens with one attached hydrogen (secondary N) is 1. The van der Waals surface area contributed by atoms with E-state index in [1.807, 2.05) is 32.9 Å². The molecule has 1 amide bonds. The molecule has 29 heavy (non-hydrogen) atoms. The van der Waals surface area contributed by atoms with Crippen LogP contribution in [0.25, 0.3) is 0 Å². The first-order valence-electron chi connectivity index (χ1n) is 10.8. The fourth-order valence-electron chi connectivity index (χ4n) is 4.82. The van der Waals surface area contributed by atoms with Crippen molar-refractivity contribution in [3.63, 3.8) is 0 Å². The number of nitrogens with zero attached hydrogens (tertiary/aromatic N) is 2. The van der Waals surface area contributed by atoms with Crippen LogP contribution in [0.15, 0.2) is 17.0 Å². The predicted octanol–water partition coefficient (Wildman–Crippen LogP) is 2.61. The summed E-state index contributed by atoms with van der Waals surface area (Å²) in [6.45, 7) is 10.3. The molecule has 1 aliphatic heterocycles. The number of amides is 1. The van der Waals surface area contributed by atoms with E-state index in [0.717, 1.165) is 23.1 Å². The first-order valence-corrected chi connectivity index (χ1v) is 12.2. The van der Waals surface area contributed by atoms with Crippen molar-refractivity contribution < 1.29 is 13.2 Å². The van der Waals surface area contributed by atoms with Gasteiger partial charge in [-0.25, -0.2) is 8.42 Å². The van der Waals surface area contributed by atoms with Crippen LogP contribution >= 0.6 is 0 Å². The lowest BCUT2D eigenvalue weighted by atomic mass is 9.86. The first-order chi connectivity index (χ1) is 13.7. The third-order valence-electron chi connectivity index (χ3n) is 6.36. The van der Waals surface area contributed by atoms with Gasteiger partial charge in [0.2, 0.25) is 15.9 Å². The molecule has 0 aromatic heterocycles. The quantitative estimate of drug-likeness (QED) is 0.793. The predicted molar refractivity (Wildman–Crippen MR) is 115 cm³/mol. The van der Waals surface area contributed by atoms with Crippen LogP contribution in [0, 0.1) is 26.7 Å². The summed E-state index contributed by atoms with van der Waals surface area (Å²) in [5.41, 5.74) is 2.67. The zero-order valence-corrected chi connectivity index (χ0v) is 19.0. The Bertz CT molecular complexity index is 822. The van der Waals surface area contributed by atoms with Crippen LogP contribution in [0.3, 0.4) is 0 Å². The fourth-order valence-corrected chi connectivity index (χ4v) is 6.65. The molecule has 1 heterocycles. The van der Waals surface area contributed by atoms with E-state index in [2.05, 4.69) is 17.1 Å². The monoisotopic (exact) mass is 421 g/mol. The highest BCUT2D eigenvalue weighted by Gasteiger charge is 2.31. The second-order valence-electron chi connectivity index (χ2n) is 8.84. The third-order valence-corrected chi connectivity index (χ3v) is 8.56. The van der Waals surface area contributed by atoms with E-state index < -0.39 is 10.0 Å². The summed E-state index contributed by atoms with van der Waals surface area (Å²) in [6, 6.07) is 4.13. The summed E-state index contributed by atoms with van der Waals surface area (Å²) < 4.78 is 28.0. The Labute approximate surface area is 175 Å². The highest BCUT2D eigenvalue weighted by Crippen LogP contribution is 2.26. The lowest BCUT2D eigenvalue weighted by molar-refractivity contribution is -0.123. The molecule has 2 aliphatic rings. The number of benzene rings is 1. The number of carbonyl (C=O) groups excluding carboxylic acids is 1. The Hall–Kier alpha value is -1.44. The molecule has 0 bridgehead atoms. The smallest absolute Gasteiger partial charge is 0.243 e. The lowest BCUT2D eigenvalue weighted by Gasteiger charge is -2.35. The molecular weight excluding hydrogens is 386 g/mol. The van der Waals surface area contributed by atoms with Gasteiger partial charge < -0.3 is 5.32 Å². The van der Waals surface area contributed by atoms with Crippen LogP contribution in [-0.4, -0.2) is 62.3 Å². The van der Waals surface area contributed by atoms with Crippen molar-refractivity contribution in [2.45, 2.75) is 64.3 Å². The summed E-state index contributed by atoms with van der Waals surface area (Å²) in [7, 11) is -3.52. The van der Waals surface area contributed by atoms with Gasteiger partial charge in [-0.3, -0.25) is 9.69 Å². The SMILES string of the molecule is Cc1cc(C)c(S(=O)(=O)N2CCN(CC(=O)N[C@H]3CCCC[C@H]3C)CC2)c(C)c1. The molecule has 2 atom stereocenters. The second-order valence-corrected chi connectivity index (χ2v) is 10.7. The van der Waals surface area contributed by atoms with Crippen molar-refractivity contribution in [2.75, 3.05) is 32.7 Å². The Morgan fingerprint density at radius 3 is 2.21 bits per heavy atom. The van der Waals surface area contributed by atoms with Crippen LogP contribution in [-0.2, 0) is 14.8 Å². The molecular formula is C22H35N3O3S. The van der Waals surface area contributed by atoms with Gasteiger partial charge in [0.25, 0.3) is 0 Å². The van der Waals surface area contributed by atoms with Crippen LogP contribution in [0.2, 0.25) is 0 Å². The minimum Gasteiger partial charge on any atom is -0.352 e. The number of carbonyl (C=O) groups is 1. The molecule has 0 radical (unpaired) electrons. The van der Waals surface area contributed by atoms with Gasteiger partial charge in [0.1, 0.15) is 0 Å². The van der Waals surface area contributed by atoms with Gasteiger partial charge in [0, 0.05) is 32.2 Å². The normalized spacial score (nSPS) is 24.4. The third kappa shape index (κ3) is 5.19. The van der Waals surface area contributed by atoms with E-state index in [9.17, 15) is 13.2 Å². The highest BCUT2D eigenvalue weighted by atomic mass is 32.2. The van der Waals surface area contributed by atoms with Crippen LogP contribution < -0.4 is 5.32 Å². The zero-order valence-electron chi connectivity index (χ0n) is 18.2. The van der Waals surface area contributed by atoms with Crippen molar-refractivity contribution in [3.05, 3.63) is 28.8 Å². The van der Waals surface area contributed by atoms with Gasteiger partial charge in [-0.2, -0.15) is 4.31 Å². The van der Waals surface area contributed by atoms with Gasteiger partial charge in [-0.1, -0.05) is 37.5 Å². The maximum absolute atomic E-state index is 13.2. The Balaban J connectivity index is 1.57. The van der Waals surface area contributed by atoms with Crippen LogP contribution in [0.4, 0.5) is 0 Å². The van der Waals surface area contributed by atoms with Crippen molar-refractivity contribution in [2.24, 2.45) is 5.92 Å². The summed E-state index contributed by atoms with van der Waals surface area (Å²) in [5, 5.41) is 3.19. The maximum Gasteiger partial charge on any atom is 0.243 e. The topological polar surface area (TPSA) is 69.7 Å². The van der Waals surface area contributed by atoms with Crippen molar-refractivity contribution >= 4 is 15.9 Å². The molecule has 1 saturated heterocycles. The highest BCUT2D eigenvalue weighted by molar-refractivity contribution is 7.89. The van der Waals surface area contributed by atoms with E-state index in [1.165, 1.54) is 19.3 Å². The van der Waals surface area contributed by atoms with Crippen LogP contribution in [0.1, 0.15) is 49.3 Å². The minimum atomic E-state index is -3.52. The van der Waals surface area contributed by atoms with E-state index >= 15 is 0 Å². The van der Waals surface area contributed by atoms with Crippen molar-refractivity contribution in [1.29, 1.82) is 0 Å². The lowest BCUT2D eigenvalue weighted by Crippen LogP contribution is -2.52. The van der Waals surface area contributed by atoms with Crippen molar-refractivity contribution in [1.82, 2.24) is 14.5 Å². The summed E-state index contributed by atoms with van der Waals surface area (Å²) in [4.78, 5) is 15.0. The van der Waals surface area contributed by atoms with Gasteiger partial charge >= 0.3 is 0 Å². The van der Waals surface area contributed by atoms with Gasteiger partial charge in [0.15, 0.2) is 0 Å². The van der Waals surface area contributed by atoms with Gasteiger partial charge in [0.05, 0.1) is 11.4 Å². The van der Waals surface area contributed by atoms with E-state index in [-0.39, 0.29) is 11.9 Å². The number of sulfonamides is 1. The average Bonchev–Trinajstić information content (AvgIpc) is 2.63. The summed E-state index contributed by atoms with van der Waals surface area (Å²) in [5.74, 6) is 0.598. The minimum absolute atomic E-state index is 0.0604. The summed E-state index contributed by atoms with van der Waals surface area (Å²) in [6.07, 6.45) is 4.68. The standard InChI is InChI=1S/C22H35N3O3S/c1-16-13-18(3)22(19(4)14-16)29(27,28)25-11-9-24(10-12-25)15-21(26)23-20-8-6-5-7-17(20)2/h13-14,17,20H,5-12,15H2,1-4H3,(H,23,26)/t17-,20+/m1/s1. The number of rotatable bonds is 5. The maximum atomic E-state index is 13.2. The molecule has 1 N–H and O–H groups in total. The van der Waals surface area contributed by atoms with E-state index in [0.29, 0.717) is 43.5 Å². The van der Waals surface area contributed by atoms with Crippen molar-refractivity contribution in [3.8, 4) is 0 Å². The number of aryl methyl sites for hydroxylation is 3. The summed E-state index contributed by atoms with van der Waals surface area (Å²) >= 11 is 0. The first kappa shape index (κ1) is 22.2. The fraction of sp³-hybridized carbons (Fsp3) is 0.682. The number of piperazine rings is 1. The Morgan fingerprint density at radius 2 is 1.62 bits per heavy atom. The molecule has 7 heteroatoms. The molecule has 162 valence electrons. The zero-order chi connectivity index (χ0) is 21.2.